The SMILES string of the molecule is CC(C)(C)C(=O)ON1C(=O)CC(S(=O)(=O)[O-])C1=O.[CH3+]. The van der Waals surface area contributed by atoms with Gasteiger partial charge in [0.15, 0.2) is 0 Å². The second kappa shape index (κ2) is 5.17. The molecule has 0 radical (unpaired) electrons. The molecular weight excluding hydrogens is 278 g/mol. The molecule has 1 rings (SSSR count). The van der Waals surface area contributed by atoms with Gasteiger partial charge >= 0.3 is 5.97 Å². The van der Waals surface area contributed by atoms with E-state index < -0.39 is 45.0 Å². The second-order valence-electron chi connectivity index (χ2n) is 4.84. The third-order valence-corrected chi connectivity index (χ3v) is 3.26. The molecule has 0 saturated carbocycles. The fourth-order valence-electron chi connectivity index (χ4n) is 1.12. The molecule has 0 spiro atoms. The van der Waals surface area contributed by atoms with Gasteiger partial charge in [0.2, 0.25) is 0 Å². The van der Waals surface area contributed by atoms with Crippen molar-refractivity contribution >= 4 is 27.9 Å². The Bertz CT molecular complexity index is 502. The fourth-order valence-corrected chi connectivity index (χ4v) is 1.81. The Morgan fingerprint density at radius 3 is 2.16 bits per heavy atom. The van der Waals surface area contributed by atoms with Crippen molar-refractivity contribution < 1.29 is 32.2 Å². The Labute approximate surface area is 111 Å². The molecule has 19 heavy (non-hydrogen) atoms. The van der Waals surface area contributed by atoms with Crippen molar-refractivity contribution in [1.82, 2.24) is 5.06 Å². The highest BCUT2D eigenvalue weighted by Gasteiger charge is 2.46. The van der Waals surface area contributed by atoms with E-state index in [4.69, 9.17) is 0 Å². The monoisotopic (exact) mass is 293 g/mol. The number of hydroxylamine groups is 2. The van der Waals surface area contributed by atoms with Crippen molar-refractivity contribution in [3.05, 3.63) is 7.43 Å². The molecule has 1 fully saturated rings. The minimum Gasteiger partial charge on any atom is -0.747 e. The van der Waals surface area contributed by atoms with Crippen LogP contribution in [0, 0.1) is 12.8 Å². The van der Waals surface area contributed by atoms with E-state index in [9.17, 15) is 27.4 Å². The Morgan fingerprint density at radius 1 is 1.37 bits per heavy atom. The molecule has 0 aliphatic carbocycles. The highest BCUT2D eigenvalue weighted by molar-refractivity contribution is 7.87. The first-order chi connectivity index (χ1) is 7.94. The van der Waals surface area contributed by atoms with Crippen LogP contribution in [-0.4, -0.2) is 41.1 Å². The van der Waals surface area contributed by atoms with Crippen LogP contribution in [0.4, 0.5) is 0 Å². The average molecular weight is 293 g/mol. The zero-order chi connectivity index (χ0) is 14.3. The van der Waals surface area contributed by atoms with Crippen LogP contribution < -0.4 is 0 Å². The maximum Gasteiger partial charge on any atom is 0.338 e. The lowest BCUT2D eigenvalue weighted by molar-refractivity contribution is -0.203. The number of nitrogens with zero attached hydrogens (tertiary/aromatic N) is 1. The summed E-state index contributed by atoms with van der Waals surface area (Å²) in [5, 5.41) is -1.97. The molecule has 1 aliphatic rings. The number of imide groups is 1. The summed E-state index contributed by atoms with van der Waals surface area (Å²) in [5.74, 6) is -3.23. The number of amides is 2. The largest absolute Gasteiger partial charge is 0.747 e. The molecule has 0 aromatic heterocycles. The highest BCUT2D eigenvalue weighted by Crippen LogP contribution is 2.23. The van der Waals surface area contributed by atoms with E-state index in [2.05, 4.69) is 4.84 Å². The lowest BCUT2D eigenvalue weighted by Crippen LogP contribution is -2.39. The van der Waals surface area contributed by atoms with Crippen LogP contribution in [0.5, 0.6) is 0 Å². The van der Waals surface area contributed by atoms with Crippen LogP contribution in [0.25, 0.3) is 0 Å². The van der Waals surface area contributed by atoms with Gasteiger partial charge in [0.25, 0.3) is 11.8 Å². The molecule has 0 aromatic carbocycles. The molecule has 108 valence electrons. The van der Waals surface area contributed by atoms with Gasteiger partial charge in [-0.25, -0.2) is 13.2 Å². The minimum atomic E-state index is -4.94. The first kappa shape index (κ1) is 17.4. The Morgan fingerprint density at radius 2 is 1.84 bits per heavy atom. The van der Waals surface area contributed by atoms with Crippen molar-refractivity contribution in [2.75, 3.05) is 0 Å². The van der Waals surface area contributed by atoms with E-state index in [-0.39, 0.29) is 12.5 Å². The van der Waals surface area contributed by atoms with Crippen LogP contribution in [0.15, 0.2) is 0 Å². The summed E-state index contributed by atoms with van der Waals surface area (Å²) >= 11 is 0. The molecule has 1 heterocycles. The molecule has 2 amide bonds. The van der Waals surface area contributed by atoms with E-state index >= 15 is 0 Å². The standard InChI is InChI=1S/C9H13NO7S.CH3/c1-9(2,3)8(13)17-10-6(11)4-5(7(10)12)18(14,15)16;/h5H,4H2,1-3H3,(H,14,15,16);1H3/q;+1/p-1. The van der Waals surface area contributed by atoms with Gasteiger partial charge in [0, 0.05) is 7.43 Å². The summed E-state index contributed by atoms with van der Waals surface area (Å²) in [6.07, 6.45) is -0.803. The van der Waals surface area contributed by atoms with E-state index in [0.29, 0.717) is 0 Å². The number of hydrogen-bond donors (Lipinski definition) is 0. The predicted molar refractivity (Wildman–Crippen MR) is 61.9 cm³/mol. The fraction of sp³-hybridized carbons (Fsp3) is 0.600. The molecule has 1 atom stereocenters. The smallest absolute Gasteiger partial charge is 0.338 e. The van der Waals surface area contributed by atoms with E-state index in [1.807, 2.05) is 0 Å². The van der Waals surface area contributed by atoms with Crippen LogP contribution >= 0.6 is 0 Å². The van der Waals surface area contributed by atoms with Gasteiger partial charge in [-0.15, -0.1) is 5.06 Å². The molecule has 8 nitrogen and oxygen atoms in total. The maximum absolute atomic E-state index is 11.5. The van der Waals surface area contributed by atoms with Crippen molar-refractivity contribution in [2.24, 2.45) is 5.41 Å². The van der Waals surface area contributed by atoms with Crippen LogP contribution in [0.2, 0.25) is 0 Å². The zero-order valence-electron chi connectivity index (χ0n) is 11.0. The van der Waals surface area contributed by atoms with Crippen molar-refractivity contribution in [1.29, 1.82) is 0 Å². The topological polar surface area (TPSA) is 121 Å². The summed E-state index contributed by atoms with van der Waals surface area (Å²) in [6.45, 7) is 4.46. The third-order valence-electron chi connectivity index (χ3n) is 2.20. The van der Waals surface area contributed by atoms with Crippen molar-refractivity contribution in [3.63, 3.8) is 0 Å². The lowest BCUT2D eigenvalue weighted by Gasteiger charge is -2.20. The van der Waals surface area contributed by atoms with E-state index in [1.165, 1.54) is 20.8 Å². The molecule has 0 N–H and O–H groups in total. The molecule has 0 bridgehead atoms. The molecule has 0 aromatic rings. The zero-order valence-corrected chi connectivity index (χ0v) is 11.8. The van der Waals surface area contributed by atoms with Crippen molar-refractivity contribution in [3.8, 4) is 0 Å². The van der Waals surface area contributed by atoms with E-state index in [0.717, 1.165) is 0 Å². The molecule has 1 saturated heterocycles. The molecular formula is C10H15NO7S. The summed E-state index contributed by atoms with van der Waals surface area (Å²) in [7, 11) is -4.94. The van der Waals surface area contributed by atoms with Gasteiger partial charge < -0.3 is 9.39 Å². The Hall–Kier alpha value is -1.61. The van der Waals surface area contributed by atoms with Gasteiger partial charge in [0.05, 0.1) is 11.8 Å². The number of rotatable bonds is 2. The quantitative estimate of drug-likeness (QED) is 0.386. The number of hydrogen-bond acceptors (Lipinski definition) is 7. The summed E-state index contributed by atoms with van der Waals surface area (Å²) in [5.41, 5.74) is -0.977. The second-order valence-corrected chi connectivity index (χ2v) is 6.40. The Balaban J connectivity index is 0.00000324. The first-order valence-electron chi connectivity index (χ1n) is 4.98. The van der Waals surface area contributed by atoms with Crippen LogP contribution in [0.3, 0.4) is 0 Å². The van der Waals surface area contributed by atoms with Gasteiger partial charge in [-0.2, -0.15) is 0 Å². The summed E-state index contributed by atoms with van der Waals surface area (Å²) in [4.78, 5) is 38.8. The van der Waals surface area contributed by atoms with Gasteiger partial charge in [-0.1, -0.05) is 0 Å². The minimum absolute atomic E-state index is 0. The van der Waals surface area contributed by atoms with Gasteiger partial charge in [-0.3, -0.25) is 9.59 Å². The number of carbonyl (C=O) groups is 3. The lowest BCUT2D eigenvalue weighted by atomic mass is 9.98. The molecule has 1 unspecified atom stereocenters. The molecule has 9 heteroatoms. The third kappa shape index (κ3) is 3.67. The highest BCUT2D eigenvalue weighted by atomic mass is 32.2. The van der Waals surface area contributed by atoms with Crippen molar-refractivity contribution in [2.45, 2.75) is 32.4 Å². The maximum atomic E-state index is 11.5. The first-order valence-corrected chi connectivity index (χ1v) is 6.45. The Kier molecular flexibility index (Phi) is 4.74. The summed E-state index contributed by atoms with van der Waals surface area (Å²) in [6, 6.07) is 0. The van der Waals surface area contributed by atoms with E-state index in [1.54, 1.807) is 0 Å². The summed E-state index contributed by atoms with van der Waals surface area (Å²) < 4.78 is 32.2. The number of carbonyl (C=O) groups excluding carboxylic acids is 3. The normalized spacial score (nSPS) is 20.2. The van der Waals surface area contributed by atoms with Gasteiger partial charge in [0.1, 0.15) is 15.4 Å². The molecule has 1 aliphatic heterocycles. The predicted octanol–water partition coefficient (Wildman–Crippen LogP) is -0.386. The van der Waals surface area contributed by atoms with Crippen LogP contribution in [-0.2, 0) is 29.3 Å². The van der Waals surface area contributed by atoms with Crippen LogP contribution in [0.1, 0.15) is 27.2 Å². The average Bonchev–Trinajstić information content (AvgIpc) is 2.43. The van der Waals surface area contributed by atoms with Gasteiger partial charge in [-0.05, 0) is 20.8 Å².